The number of halogens is 4. The summed E-state index contributed by atoms with van der Waals surface area (Å²) in [5.41, 5.74) is -0.308. The van der Waals surface area contributed by atoms with Crippen molar-refractivity contribution in [2.24, 2.45) is 0 Å². The normalized spacial score (nSPS) is 11.1. The van der Waals surface area contributed by atoms with Gasteiger partial charge in [0.2, 0.25) is 0 Å². The molecule has 0 aliphatic heterocycles. The first-order chi connectivity index (χ1) is 7.91. The van der Waals surface area contributed by atoms with Gasteiger partial charge in [-0.1, -0.05) is 0 Å². The Balaban J connectivity index is 3.29. The SMILES string of the molecule is COc1cc(CCl)nc(C=O)c1OC(F)(F)F. The van der Waals surface area contributed by atoms with Crippen LogP contribution in [0.2, 0.25) is 0 Å². The molecule has 0 unspecified atom stereocenters. The molecule has 0 saturated heterocycles. The lowest BCUT2D eigenvalue weighted by Gasteiger charge is -2.14. The lowest BCUT2D eigenvalue weighted by molar-refractivity contribution is -0.275. The van der Waals surface area contributed by atoms with Gasteiger partial charge >= 0.3 is 6.36 Å². The summed E-state index contributed by atoms with van der Waals surface area (Å²) in [7, 11) is 1.14. The molecule has 0 radical (unpaired) electrons. The predicted octanol–water partition coefficient (Wildman–Crippen LogP) is 2.54. The zero-order chi connectivity index (χ0) is 13.1. The minimum absolute atomic E-state index is 0.0660. The molecule has 8 heteroatoms. The topological polar surface area (TPSA) is 48.4 Å². The number of pyridine rings is 1. The van der Waals surface area contributed by atoms with E-state index in [0.717, 1.165) is 7.11 Å². The van der Waals surface area contributed by atoms with Gasteiger partial charge in [0.05, 0.1) is 18.7 Å². The molecular weight excluding hydrogens is 263 g/mol. The van der Waals surface area contributed by atoms with Gasteiger partial charge in [-0.05, 0) is 0 Å². The summed E-state index contributed by atoms with van der Waals surface area (Å²) in [6.07, 6.45) is -4.80. The van der Waals surface area contributed by atoms with Crippen molar-refractivity contribution >= 4 is 17.9 Å². The number of methoxy groups -OCH3 is 1. The van der Waals surface area contributed by atoms with E-state index < -0.39 is 17.8 Å². The van der Waals surface area contributed by atoms with Crippen molar-refractivity contribution in [3.05, 3.63) is 17.5 Å². The molecule has 0 amide bonds. The molecule has 0 spiro atoms. The molecule has 1 heterocycles. The Morgan fingerprint density at radius 2 is 2.18 bits per heavy atom. The Kier molecular flexibility index (Phi) is 4.17. The fraction of sp³-hybridized carbons (Fsp3) is 0.333. The number of nitrogens with zero attached hydrogens (tertiary/aromatic N) is 1. The van der Waals surface area contributed by atoms with Crippen LogP contribution in [0.3, 0.4) is 0 Å². The van der Waals surface area contributed by atoms with E-state index in [1.807, 2.05) is 0 Å². The maximum Gasteiger partial charge on any atom is 0.573 e. The molecule has 1 aromatic rings. The lowest BCUT2D eigenvalue weighted by Crippen LogP contribution is -2.19. The lowest BCUT2D eigenvalue weighted by atomic mass is 10.2. The van der Waals surface area contributed by atoms with Crippen LogP contribution in [0, 0.1) is 0 Å². The van der Waals surface area contributed by atoms with Gasteiger partial charge in [-0.15, -0.1) is 24.8 Å². The molecule has 17 heavy (non-hydrogen) atoms. The van der Waals surface area contributed by atoms with E-state index in [4.69, 9.17) is 16.3 Å². The summed E-state index contributed by atoms with van der Waals surface area (Å²) >= 11 is 5.47. The second-order valence-electron chi connectivity index (χ2n) is 2.83. The Labute approximate surface area is 99.3 Å². The summed E-state index contributed by atoms with van der Waals surface area (Å²) < 4.78 is 44.7. The van der Waals surface area contributed by atoms with E-state index in [0.29, 0.717) is 0 Å². The number of aromatic nitrogens is 1. The quantitative estimate of drug-likeness (QED) is 0.622. The number of ether oxygens (including phenoxy) is 2. The molecule has 0 fully saturated rings. The molecular formula is C9H7ClF3NO3. The van der Waals surface area contributed by atoms with Crippen LogP contribution in [0.15, 0.2) is 6.07 Å². The highest BCUT2D eigenvalue weighted by Gasteiger charge is 2.34. The van der Waals surface area contributed by atoms with Crippen molar-refractivity contribution < 1.29 is 27.4 Å². The number of rotatable bonds is 4. The van der Waals surface area contributed by atoms with Crippen LogP contribution >= 0.6 is 11.6 Å². The van der Waals surface area contributed by atoms with E-state index in [-0.39, 0.29) is 23.6 Å². The van der Waals surface area contributed by atoms with Crippen molar-refractivity contribution in [2.75, 3.05) is 7.11 Å². The highest BCUT2D eigenvalue weighted by Crippen LogP contribution is 2.34. The van der Waals surface area contributed by atoms with E-state index in [1.165, 1.54) is 6.07 Å². The number of hydrogen-bond acceptors (Lipinski definition) is 4. The standard InChI is InChI=1S/C9H7ClF3NO3/c1-16-7-2-5(3-10)14-6(4-15)8(7)17-9(11,12)13/h2,4H,3H2,1H3. The first-order valence-electron chi connectivity index (χ1n) is 4.26. The summed E-state index contributed by atoms with van der Waals surface area (Å²) in [5.74, 6) is -1.09. The van der Waals surface area contributed by atoms with Gasteiger partial charge in [-0.3, -0.25) is 4.79 Å². The van der Waals surface area contributed by atoms with E-state index in [1.54, 1.807) is 0 Å². The third-order valence-electron chi connectivity index (χ3n) is 1.70. The molecule has 1 aromatic heterocycles. The average Bonchev–Trinajstić information content (AvgIpc) is 2.27. The molecule has 0 atom stereocenters. The second-order valence-corrected chi connectivity index (χ2v) is 3.10. The van der Waals surface area contributed by atoms with E-state index >= 15 is 0 Å². The fourth-order valence-corrected chi connectivity index (χ4v) is 1.24. The second kappa shape index (κ2) is 5.22. The molecule has 0 aliphatic carbocycles. The predicted molar refractivity (Wildman–Crippen MR) is 52.4 cm³/mol. The zero-order valence-corrected chi connectivity index (χ0v) is 9.30. The first kappa shape index (κ1) is 13.6. The number of carbonyl (C=O) groups is 1. The van der Waals surface area contributed by atoms with Crippen LogP contribution in [0.4, 0.5) is 13.2 Å². The van der Waals surface area contributed by atoms with Crippen LogP contribution in [0.5, 0.6) is 11.5 Å². The summed E-state index contributed by atoms with van der Waals surface area (Å²) in [6, 6.07) is 1.17. The van der Waals surface area contributed by atoms with Crippen molar-refractivity contribution in [1.29, 1.82) is 0 Å². The Bertz CT molecular complexity index is 423. The molecule has 0 saturated carbocycles. The van der Waals surface area contributed by atoms with Crippen LogP contribution in [-0.4, -0.2) is 24.7 Å². The number of alkyl halides is 4. The maximum atomic E-state index is 12.1. The largest absolute Gasteiger partial charge is 0.573 e. The van der Waals surface area contributed by atoms with Gasteiger partial charge in [0, 0.05) is 6.07 Å². The van der Waals surface area contributed by atoms with E-state index in [9.17, 15) is 18.0 Å². The van der Waals surface area contributed by atoms with Crippen molar-refractivity contribution in [2.45, 2.75) is 12.2 Å². The monoisotopic (exact) mass is 269 g/mol. The molecule has 0 aromatic carbocycles. The minimum Gasteiger partial charge on any atom is -0.493 e. The van der Waals surface area contributed by atoms with Gasteiger partial charge in [-0.25, -0.2) is 4.98 Å². The molecule has 0 N–H and O–H groups in total. The van der Waals surface area contributed by atoms with Gasteiger partial charge in [-0.2, -0.15) is 0 Å². The van der Waals surface area contributed by atoms with Crippen LogP contribution in [0.1, 0.15) is 16.2 Å². The molecule has 0 aliphatic rings. The molecule has 4 nitrogen and oxygen atoms in total. The van der Waals surface area contributed by atoms with Crippen molar-refractivity contribution in [3.8, 4) is 11.5 Å². The molecule has 94 valence electrons. The minimum atomic E-state index is -4.94. The van der Waals surface area contributed by atoms with Gasteiger partial charge < -0.3 is 9.47 Å². The Morgan fingerprint density at radius 1 is 1.53 bits per heavy atom. The third kappa shape index (κ3) is 3.48. The van der Waals surface area contributed by atoms with Crippen LogP contribution in [0.25, 0.3) is 0 Å². The summed E-state index contributed by atoms with van der Waals surface area (Å²) in [4.78, 5) is 14.2. The van der Waals surface area contributed by atoms with E-state index in [2.05, 4.69) is 9.72 Å². The third-order valence-corrected chi connectivity index (χ3v) is 1.98. The van der Waals surface area contributed by atoms with Crippen LogP contribution in [-0.2, 0) is 5.88 Å². The summed E-state index contributed by atoms with van der Waals surface area (Å²) in [5, 5.41) is 0. The Morgan fingerprint density at radius 3 is 2.59 bits per heavy atom. The van der Waals surface area contributed by atoms with Crippen LogP contribution < -0.4 is 9.47 Å². The zero-order valence-electron chi connectivity index (χ0n) is 8.55. The highest BCUT2D eigenvalue weighted by atomic mass is 35.5. The van der Waals surface area contributed by atoms with Crippen molar-refractivity contribution in [1.82, 2.24) is 4.98 Å². The Hall–Kier alpha value is -1.50. The fourth-order valence-electron chi connectivity index (χ4n) is 1.10. The highest BCUT2D eigenvalue weighted by molar-refractivity contribution is 6.16. The average molecular weight is 270 g/mol. The first-order valence-corrected chi connectivity index (χ1v) is 4.79. The number of hydrogen-bond donors (Lipinski definition) is 0. The smallest absolute Gasteiger partial charge is 0.493 e. The maximum absolute atomic E-state index is 12.1. The van der Waals surface area contributed by atoms with Gasteiger partial charge in [0.15, 0.2) is 17.8 Å². The summed E-state index contributed by atoms with van der Waals surface area (Å²) in [6.45, 7) is 0. The number of carbonyl (C=O) groups excluding carboxylic acids is 1. The van der Waals surface area contributed by atoms with Gasteiger partial charge in [0.1, 0.15) is 5.69 Å². The molecule has 0 bridgehead atoms. The van der Waals surface area contributed by atoms with Crippen molar-refractivity contribution in [3.63, 3.8) is 0 Å². The van der Waals surface area contributed by atoms with Gasteiger partial charge in [0.25, 0.3) is 0 Å². The molecule has 1 rings (SSSR count). The number of aldehydes is 1.